The summed E-state index contributed by atoms with van der Waals surface area (Å²) in [4.78, 5) is 8.94. The number of hydrogen-bond acceptors (Lipinski definition) is 12. The van der Waals surface area contributed by atoms with E-state index in [9.17, 15) is 25.5 Å². The van der Waals surface area contributed by atoms with E-state index in [2.05, 4.69) is 40.8 Å². The summed E-state index contributed by atoms with van der Waals surface area (Å²) in [7, 11) is 3.99. The first-order valence-corrected chi connectivity index (χ1v) is 34.2. The van der Waals surface area contributed by atoms with Crippen LogP contribution < -0.4 is 26.8 Å². The molecular weight excluding hydrogens is 1040 g/mol. The van der Waals surface area contributed by atoms with E-state index in [4.69, 9.17) is 25.6 Å². The van der Waals surface area contributed by atoms with Crippen LogP contribution in [0.3, 0.4) is 0 Å². The number of nitrogens with one attached hydrogen (secondary N) is 3. The number of aliphatic hydroxyl groups is 4. The number of nitrogens with zero attached hydrogens (tertiary/aromatic N) is 1. The smallest absolute Gasteiger partial charge is 0.189 e. The van der Waals surface area contributed by atoms with Crippen molar-refractivity contribution < 1.29 is 34.7 Å². The van der Waals surface area contributed by atoms with Crippen molar-refractivity contribution in [1.82, 2.24) is 15.6 Å². The van der Waals surface area contributed by atoms with Crippen LogP contribution in [0.2, 0.25) is 0 Å². The summed E-state index contributed by atoms with van der Waals surface area (Å²) in [6.45, 7) is 4.74. The minimum absolute atomic E-state index is 0.0265. The Morgan fingerprint density at radius 3 is 2.52 bits per heavy atom. The molecule has 2 aromatic heterocycles. The second-order valence-corrected chi connectivity index (χ2v) is 29.3. The molecule has 12 rings (SSSR count). The van der Waals surface area contributed by atoms with Crippen LogP contribution in [-0.2, 0) is 25.9 Å². The van der Waals surface area contributed by atoms with Gasteiger partial charge in [-0.2, -0.15) is 0 Å². The minimum Gasteiger partial charge on any atom is -0.504 e. The van der Waals surface area contributed by atoms with Gasteiger partial charge in [0, 0.05) is 89.8 Å². The van der Waals surface area contributed by atoms with Crippen LogP contribution in [-0.4, -0.2) is 98.0 Å². The van der Waals surface area contributed by atoms with Gasteiger partial charge in [-0.15, -0.1) is 0 Å². The van der Waals surface area contributed by atoms with Gasteiger partial charge in [0.1, 0.15) is 24.2 Å². The third-order valence-electron chi connectivity index (χ3n) is 22.0. The standard InChI is InChI=1S/C65H98N6O7S2/c1-39-13-19-47-43-29-41(15-20-48(47)50(52(66)32-43)37-79-80-38-55(39)71-63(67)69-45-9-3-4-10-45)17-22-58-44(35-73)31-46(78-58)18-14-42-16-21-56(75)59(30-42)77-36-57(76)54-33-49-61(53(11-8-28-72)68-34-40(2)74)65-26-7-12-60(65)64(24-5-6-25-64)51(23-27-65)62(49)70-54/h16,21,23,27,30-31,33,39-41,43,45,47-48,50-53,55,57,60-61,68,70,72-76H,3-15,17-20,22,24-26,28-29,32,34-38,66H2,1-2H3,(H3,67,69,71). The van der Waals surface area contributed by atoms with Gasteiger partial charge in [0.2, 0.25) is 0 Å². The largest absolute Gasteiger partial charge is 0.504 e. The van der Waals surface area contributed by atoms with E-state index < -0.39 is 12.2 Å². The van der Waals surface area contributed by atoms with Crippen molar-refractivity contribution in [2.45, 2.75) is 216 Å². The van der Waals surface area contributed by atoms with Crippen molar-refractivity contribution in [3.05, 3.63) is 82.1 Å². The molecule has 2 spiro atoms. The molecule has 15 atom stereocenters. The number of aliphatic hydroxyl groups excluding tert-OH is 4. The molecule has 80 heavy (non-hydrogen) atoms. The van der Waals surface area contributed by atoms with Crippen molar-refractivity contribution in [2.75, 3.05) is 31.3 Å². The maximum atomic E-state index is 12.0. The number of phenolic OH excluding ortho intramolecular Hbond substituents is 1. The molecule has 0 amide bonds. The lowest BCUT2D eigenvalue weighted by molar-refractivity contribution is 0.0338. The number of furan rings is 1. The van der Waals surface area contributed by atoms with E-state index in [-0.39, 0.29) is 66.4 Å². The first-order valence-electron chi connectivity index (χ1n) is 31.7. The Labute approximate surface area is 485 Å². The number of aromatic nitrogens is 1. The van der Waals surface area contributed by atoms with Crippen molar-refractivity contribution in [3.63, 3.8) is 0 Å². The van der Waals surface area contributed by atoms with Crippen LogP contribution in [0.4, 0.5) is 0 Å². The lowest BCUT2D eigenvalue weighted by atomic mass is 9.51. The summed E-state index contributed by atoms with van der Waals surface area (Å²) in [5, 5.41) is 61.5. The number of aliphatic imine (C=N–C) groups is 1. The highest BCUT2D eigenvalue weighted by Gasteiger charge is 2.65. The number of hydrogen-bond donors (Lipinski definition) is 10. The predicted molar refractivity (Wildman–Crippen MR) is 323 cm³/mol. The van der Waals surface area contributed by atoms with Gasteiger partial charge in [-0.25, -0.2) is 4.99 Å². The molecule has 5 saturated carbocycles. The SMILES string of the molecule is CC(O)CNC(CCCO)C1c2cc(C(O)COc3cc(CCc4cc(CO)c(CCC5CCC6C7CSSCC(N=C(N)NC8CCCC8)C(C)CCC6C(C5)CC7N)o4)ccc3O)[nH]c2C2C=CC13CCCC3C21CCCC1. The molecule has 9 aliphatic rings. The van der Waals surface area contributed by atoms with Crippen LogP contribution in [0.15, 0.2) is 51.9 Å². The number of ether oxygens (including phenoxy) is 1. The molecule has 8 aliphatic carbocycles. The fraction of sp³-hybridized carbons (Fsp3) is 0.738. The van der Waals surface area contributed by atoms with Crippen LogP contribution in [0.5, 0.6) is 11.5 Å². The summed E-state index contributed by atoms with van der Waals surface area (Å²) < 4.78 is 12.9. The highest BCUT2D eigenvalue weighted by molar-refractivity contribution is 8.76. The Balaban J connectivity index is 0.721. The normalized spacial score (nSPS) is 33.4. The summed E-state index contributed by atoms with van der Waals surface area (Å²) >= 11 is 0. The number of benzene rings is 1. The van der Waals surface area contributed by atoms with E-state index in [1.54, 1.807) is 6.07 Å². The molecule has 15 heteroatoms. The van der Waals surface area contributed by atoms with Crippen LogP contribution >= 0.6 is 21.6 Å². The van der Waals surface area contributed by atoms with E-state index in [0.29, 0.717) is 85.0 Å². The van der Waals surface area contributed by atoms with Crippen molar-refractivity contribution in [2.24, 2.45) is 68.7 Å². The summed E-state index contributed by atoms with van der Waals surface area (Å²) in [5.41, 5.74) is 18.9. The third-order valence-corrected chi connectivity index (χ3v) is 24.5. The molecule has 6 bridgehead atoms. The summed E-state index contributed by atoms with van der Waals surface area (Å²) in [6.07, 6.45) is 28.9. The Morgan fingerprint density at radius 1 is 0.912 bits per heavy atom. The molecule has 15 unspecified atom stereocenters. The molecule has 3 heterocycles. The van der Waals surface area contributed by atoms with E-state index >= 15 is 0 Å². The number of aryl methyl sites for hydroxylation is 3. The van der Waals surface area contributed by atoms with Gasteiger partial charge in [-0.3, -0.25) is 0 Å². The first kappa shape index (κ1) is 58.6. The van der Waals surface area contributed by atoms with Crippen LogP contribution in [0.1, 0.15) is 200 Å². The van der Waals surface area contributed by atoms with Gasteiger partial charge in [-0.1, -0.05) is 85.3 Å². The van der Waals surface area contributed by atoms with Gasteiger partial charge in [-0.05, 0) is 185 Å². The quantitative estimate of drug-likeness (QED) is 0.0220. The molecule has 1 saturated heterocycles. The molecule has 3 aromatic rings. The topological polar surface area (TPSA) is 228 Å². The molecule has 13 nitrogen and oxygen atoms in total. The van der Waals surface area contributed by atoms with Gasteiger partial charge in [0.15, 0.2) is 17.5 Å². The zero-order valence-corrected chi connectivity index (χ0v) is 49.8. The average molecular weight is 1140 g/mol. The molecule has 6 fully saturated rings. The predicted octanol–water partition coefficient (Wildman–Crippen LogP) is 10.9. The number of nitrogens with two attached hydrogens (primary N) is 2. The average Bonchev–Trinajstić information content (AvgIpc) is 4.48. The summed E-state index contributed by atoms with van der Waals surface area (Å²) in [6, 6.07) is 10.7. The number of phenols is 1. The zero-order chi connectivity index (χ0) is 55.5. The zero-order valence-electron chi connectivity index (χ0n) is 48.2. The molecular formula is C65H98N6O7S2. The number of rotatable bonds is 20. The van der Waals surface area contributed by atoms with Gasteiger partial charge in [0.25, 0.3) is 0 Å². The lowest BCUT2D eigenvalue weighted by Crippen LogP contribution is -2.50. The molecule has 1 aromatic carbocycles. The number of aromatic hydroxyl groups is 1. The molecule has 0 radical (unpaired) electrons. The van der Waals surface area contributed by atoms with Crippen molar-refractivity contribution in [3.8, 4) is 11.5 Å². The monoisotopic (exact) mass is 1140 g/mol. The Hall–Kier alpha value is -3.15. The maximum Gasteiger partial charge on any atom is 0.189 e. The number of H-pyrrole nitrogens is 1. The van der Waals surface area contributed by atoms with Crippen LogP contribution in [0, 0.1) is 52.3 Å². The first-order chi connectivity index (χ1) is 38.9. The van der Waals surface area contributed by atoms with E-state index in [0.717, 1.165) is 72.0 Å². The van der Waals surface area contributed by atoms with E-state index in [1.807, 2.05) is 46.7 Å². The van der Waals surface area contributed by atoms with Crippen molar-refractivity contribution >= 4 is 27.5 Å². The van der Waals surface area contributed by atoms with Crippen LogP contribution in [0.25, 0.3) is 0 Å². The highest BCUT2D eigenvalue weighted by atomic mass is 33.1. The number of guanidine groups is 1. The lowest BCUT2D eigenvalue weighted by Gasteiger charge is -2.53. The highest BCUT2D eigenvalue weighted by Crippen LogP contribution is 2.73. The van der Waals surface area contributed by atoms with Crippen molar-refractivity contribution in [1.29, 1.82) is 0 Å². The Kier molecular flexibility index (Phi) is 19.0. The maximum absolute atomic E-state index is 12.0. The van der Waals surface area contributed by atoms with Gasteiger partial charge < -0.3 is 61.8 Å². The fourth-order valence-electron chi connectivity index (χ4n) is 18.1. The second-order valence-electron chi connectivity index (χ2n) is 26.8. The minimum atomic E-state index is -0.961. The third kappa shape index (κ3) is 12.3. The van der Waals surface area contributed by atoms with E-state index in [1.165, 1.54) is 108 Å². The second kappa shape index (κ2) is 26.0. The molecule has 442 valence electrons. The summed E-state index contributed by atoms with van der Waals surface area (Å²) in [5.74, 6) is 9.37. The van der Waals surface area contributed by atoms with Gasteiger partial charge >= 0.3 is 0 Å². The molecule has 1 aliphatic heterocycles. The van der Waals surface area contributed by atoms with Gasteiger partial charge in [0.05, 0.1) is 18.8 Å². The number of allylic oxidation sites excluding steroid dienone is 2. The fourth-order valence-corrected chi connectivity index (χ4v) is 21.0. The Bertz CT molecular complexity index is 2570. The molecule has 12 N–H and O–H groups in total. The Morgan fingerprint density at radius 2 is 1.73 bits per heavy atom. The number of aromatic amines is 1.